The van der Waals surface area contributed by atoms with Crippen LogP contribution in [0.1, 0.15) is 25.7 Å². The third-order valence-corrected chi connectivity index (χ3v) is 5.33. The molecule has 0 amide bonds. The highest BCUT2D eigenvalue weighted by Crippen LogP contribution is 2.25. The topological polar surface area (TPSA) is 59.1 Å². The molecule has 1 aromatic heterocycles. The Bertz CT molecular complexity index is 516. The number of hydrogen-bond acceptors (Lipinski definition) is 3. The Morgan fingerprint density at radius 2 is 2.00 bits per heavy atom. The van der Waals surface area contributed by atoms with Gasteiger partial charge in [0.25, 0.3) is 10.0 Å². The largest absolute Gasteiger partial charge is 0.261 e. The van der Waals surface area contributed by atoms with E-state index in [9.17, 15) is 12.8 Å². The second-order valence-electron chi connectivity index (χ2n) is 4.36. The van der Waals surface area contributed by atoms with Gasteiger partial charge in [-0.15, -0.1) is 0 Å². The molecule has 0 bridgehead atoms. The summed E-state index contributed by atoms with van der Waals surface area (Å²) in [7, 11) is -3.86. The average Bonchev–Trinajstić information content (AvgIpc) is 2.32. The fraction of sp³-hybridized carbons (Fsp3) is 0.545. The Labute approximate surface area is 114 Å². The van der Waals surface area contributed by atoms with E-state index >= 15 is 0 Å². The van der Waals surface area contributed by atoms with Gasteiger partial charge in [0.15, 0.2) is 5.82 Å². The first-order chi connectivity index (χ1) is 8.49. The number of pyridine rings is 1. The standard InChI is InChI=1S/C11H14BrFN2O2S/c12-8-3-5-9(6-4-8)15-18(16,17)11-10(13)2-1-7-14-11/h1-2,7-9,15H,3-6H2. The molecule has 0 aromatic carbocycles. The highest BCUT2D eigenvalue weighted by Gasteiger charge is 2.27. The van der Waals surface area contributed by atoms with Gasteiger partial charge in [0.05, 0.1) is 0 Å². The summed E-state index contributed by atoms with van der Waals surface area (Å²) in [6.45, 7) is 0. The molecule has 7 heteroatoms. The molecule has 1 aromatic rings. The van der Waals surface area contributed by atoms with Gasteiger partial charge >= 0.3 is 0 Å². The number of alkyl halides is 1. The molecular weight excluding hydrogens is 323 g/mol. The van der Waals surface area contributed by atoms with Crippen molar-refractivity contribution in [2.75, 3.05) is 0 Å². The Morgan fingerprint density at radius 3 is 2.61 bits per heavy atom. The first kappa shape index (κ1) is 13.9. The molecule has 1 fully saturated rings. The van der Waals surface area contributed by atoms with Crippen molar-refractivity contribution in [1.82, 2.24) is 9.71 Å². The molecule has 1 aliphatic rings. The van der Waals surface area contributed by atoms with E-state index in [1.165, 1.54) is 12.3 Å². The van der Waals surface area contributed by atoms with Gasteiger partial charge in [0, 0.05) is 17.1 Å². The number of hydrogen-bond donors (Lipinski definition) is 1. The molecule has 0 unspecified atom stereocenters. The fourth-order valence-electron chi connectivity index (χ4n) is 2.01. The molecule has 0 atom stereocenters. The van der Waals surface area contributed by atoms with Crippen LogP contribution in [0.5, 0.6) is 0 Å². The summed E-state index contributed by atoms with van der Waals surface area (Å²) in [5.41, 5.74) is 0. The van der Waals surface area contributed by atoms with Crippen LogP contribution in [-0.4, -0.2) is 24.3 Å². The van der Waals surface area contributed by atoms with Crippen LogP contribution in [0.4, 0.5) is 4.39 Å². The second kappa shape index (κ2) is 5.63. The van der Waals surface area contributed by atoms with Crippen molar-refractivity contribution in [3.8, 4) is 0 Å². The maximum absolute atomic E-state index is 13.4. The lowest BCUT2D eigenvalue weighted by atomic mass is 9.96. The first-order valence-electron chi connectivity index (χ1n) is 5.76. The minimum atomic E-state index is -3.86. The zero-order chi connectivity index (χ0) is 13.2. The van der Waals surface area contributed by atoms with Crippen molar-refractivity contribution in [3.05, 3.63) is 24.1 Å². The van der Waals surface area contributed by atoms with E-state index in [1.807, 2.05) is 0 Å². The van der Waals surface area contributed by atoms with Gasteiger partial charge in [0.2, 0.25) is 5.03 Å². The SMILES string of the molecule is O=S(=O)(NC1CCC(Br)CC1)c1ncccc1F. The first-order valence-corrected chi connectivity index (χ1v) is 8.16. The molecule has 0 aliphatic heterocycles. The molecule has 1 saturated carbocycles. The predicted octanol–water partition coefficient (Wildman–Crippen LogP) is 2.21. The zero-order valence-electron chi connectivity index (χ0n) is 9.64. The third kappa shape index (κ3) is 3.27. The van der Waals surface area contributed by atoms with E-state index in [0.29, 0.717) is 4.83 Å². The molecule has 0 radical (unpaired) electrons. The van der Waals surface area contributed by atoms with Crippen LogP contribution in [0.15, 0.2) is 23.4 Å². The van der Waals surface area contributed by atoms with Crippen LogP contribution in [0.3, 0.4) is 0 Å². The monoisotopic (exact) mass is 336 g/mol. The van der Waals surface area contributed by atoms with Gasteiger partial charge in [-0.05, 0) is 37.8 Å². The number of halogens is 2. The smallest absolute Gasteiger partial charge is 0.241 e. The highest BCUT2D eigenvalue weighted by atomic mass is 79.9. The van der Waals surface area contributed by atoms with Crippen molar-refractivity contribution in [2.45, 2.75) is 41.6 Å². The van der Waals surface area contributed by atoms with Crippen molar-refractivity contribution < 1.29 is 12.8 Å². The number of nitrogens with zero attached hydrogens (tertiary/aromatic N) is 1. The van der Waals surface area contributed by atoms with Gasteiger partial charge < -0.3 is 0 Å². The van der Waals surface area contributed by atoms with Gasteiger partial charge in [-0.25, -0.2) is 22.5 Å². The Hall–Kier alpha value is -0.530. The van der Waals surface area contributed by atoms with E-state index < -0.39 is 20.9 Å². The number of aromatic nitrogens is 1. The lowest BCUT2D eigenvalue weighted by Crippen LogP contribution is -2.38. The Kier molecular flexibility index (Phi) is 4.34. The van der Waals surface area contributed by atoms with Gasteiger partial charge in [-0.3, -0.25) is 0 Å². The van der Waals surface area contributed by atoms with Crippen LogP contribution in [0, 0.1) is 5.82 Å². The quantitative estimate of drug-likeness (QED) is 0.861. The lowest BCUT2D eigenvalue weighted by Gasteiger charge is -2.25. The van der Waals surface area contributed by atoms with E-state index in [-0.39, 0.29) is 6.04 Å². The Morgan fingerprint density at radius 1 is 1.33 bits per heavy atom. The second-order valence-corrected chi connectivity index (χ2v) is 7.28. The lowest BCUT2D eigenvalue weighted by molar-refractivity contribution is 0.420. The van der Waals surface area contributed by atoms with Crippen molar-refractivity contribution in [1.29, 1.82) is 0 Å². The molecule has 18 heavy (non-hydrogen) atoms. The van der Waals surface area contributed by atoms with Crippen LogP contribution in [0.25, 0.3) is 0 Å². The highest BCUT2D eigenvalue weighted by molar-refractivity contribution is 9.09. The molecule has 1 heterocycles. The summed E-state index contributed by atoms with van der Waals surface area (Å²) < 4.78 is 39.9. The molecular formula is C11H14BrFN2O2S. The zero-order valence-corrected chi connectivity index (χ0v) is 12.0. The molecule has 1 N–H and O–H groups in total. The summed E-state index contributed by atoms with van der Waals surface area (Å²) in [5, 5.41) is -0.522. The molecule has 100 valence electrons. The minimum Gasteiger partial charge on any atom is -0.241 e. The average molecular weight is 337 g/mol. The van der Waals surface area contributed by atoms with Crippen LogP contribution >= 0.6 is 15.9 Å². The summed E-state index contributed by atoms with van der Waals surface area (Å²) in [4.78, 5) is 4.04. The molecule has 1 aliphatic carbocycles. The maximum Gasteiger partial charge on any atom is 0.261 e. The molecule has 0 saturated heterocycles. The molecule has 4 nitrogen and oxygen atoms in total. The van der Waals surface area contributed by atoms with Crippen LogP contribution in [-0.2, 0) is 10.0 Å². The van der Waals surface area contributed by atoms with Crippen LogP contribution < -0.4 is 4.72 Å². The third-order valence-electron chi connectivity index (χ3n) is 2.96. The number of sulfonamides is 1. The summed E-state index contributed by atoms with van der Waals surface area (Å²) >= 11 is 3.50. The summed E-state index contributed by atoms with van der Waals surface area (Å²) in [5.74, 6) is -0.820. The Balaban J connectivity index is 2.11. The van der Waals surface area contributed by atoms with Gasteiger partial charge in [-0.1, -0.05) is 15.9 Å². The fourth-order valence-corrected chi connectivity index (χ4v) is 3.85. The van der Waals surface area contributed by atoms with E-state index in [4.69, 9.17) is 0 Å². The van der Waals surface area contributed by atoms with Crippen molar-refractivity contribution in [3.63, 3.8) is 0 Å². The summed E-state index contributed by atoms with van der Waals surface area (Å²) in [6.07, 6.45) is 4.61. The van der Waals surface area contributed by atoms with Gasteiger partial charge in [0.1, 0.15) is 0 Å². The van der Waals surface area contributed by atoms with Crippen LogP contribution in [0.2, 0.25) is 0 Å². The molecule has 2 rings (SSSR count). The molecule has 0 spiro atoms. The number of rotatable bonds is 3. The van der Waals surface area contributed by atoms with Crippen molar-refractivity contribution in [2.24, 2.45) is 0 Å². The maximum atomic E-state index is 13.4. The van der Waals surface area contributed by atoms with E-state index in [1.54, 1.807) is 0 Å². The normalized spacial score (nSPS) is 25.0. The van der Waals surface area contributed by atoms with Gasteiger partial charge in [-0.2, -0.15) is 0 Å². The predicted molar refractivity (Wildman–Crippen MR) is 69.5 cm³/mol. The minimum absolute atomic E-state index is 0.134. The summed E-state index contributed by atoms with van der Waals surface area (Å²) in [6, 6.07) is 2.33. The van der Waals surface area contributed by atoms with E-state index in [2.05, 4.69) is 25.6 Å². The van der Waals surface area contributed by atoms with Crippen molar-refractivity contribution >= 4 is 26.0 Å². The van der Waals surface area contributed by atoms with E-state index in [0.717, 1.165) is 31.7 Å². The number of nitrogens with one attached hydrogen (secondary N) is 1.